The van der Waals surface area contributed by atoms with Crippen LogP contribution in [0.4, 0.5) is 4.79 Å². The number of hydrogen-bond acceptors (Lipinski definition) is 5. The quantitative estimate of drug-likeness (QED) is 0.563. The largest absolute Gasteiger partial charge is 0.508 e. The number of hydrogen-bond donors (Lipinski definition) is 0. The van der Waals surface area contributed by atoms with Gasteiger partial charge in [-0.25, -0.2) is 9.59 Å². The van der Waals surface area contributed by atoms with Gasteiger partial charge in [0.25, 0.3) is 0 Å². The molecule has 0 N–H and O–H groups in total. The molecule has 0 aliphatic rings. The molecule has 0 fully saturated rings. The molecule has 1 atom stereocenters. The van der Waals surface area contributed by atoms with Crippen LogP contribution in [-0.4, -0.2) is 30.9 Å². The van der Waals surface area contributed by atoms with E-state index >= 15 is 0 Å². The average Bonchev–Trinajstić information content (AvgIpc) is 2.15. The van der Waals surface area contributed by atoms with Gasteiger partial charge in [0.05, 0.1) is 12.7 Å². The molecule has 0 bridgehead atoms. The van der Waals surface area contributed by atoms with E-state index in [1.165, 1.54) is 7.11 Å². The summed E-state index contributed by atoms with van der Waals surface area (Å²) in [4.78, 5) is 22.7. The predicted octanol–water partition coefficient (Wildman–Crippen LogP) is 2.45. The SMILES string of the molecule is C/C=C(/C(=O)OC(C)(C)C)C(C)OC(=O)OC. The van der Waals surface area contributed by atoms with Crippen molar-refractivity contribution in [1.82, 2.24) is 0 Å². The Hall–Kier alpha value is -1.52. The standard InChI is InChI=1S/C12H20O5/c1-7-9(8(2)16-11(14)15-6)10(13)17-12(3,4)5/h7-8H,1-6H3/b9-7+. The van der Waals surface area contributed by atoms with Crippen LogP contribution in [0, 0.1) is 0 Å². The minimum absolute atomic E-state index is 0.283. The minimum Gasteiger partial charge on any atom is -0.457 e. The van der Waals surface area contributed by atoms with Gasteiger partial charge in [0.2, 0.25) is 0 Å². The zero-order valence-electron chi connectivity index (χ0n) is 11.2. The summed E-state index contributed by atoms with van der Waals surface area (Å²) in [5.41, 5.74) is -0.304. The normalized spacial score (nSPS) is 13.9. The summed E-state index contributed by atoms with van der Waals surface area (Å²) in [7, 11) is 1.21. The van der Waals surface area contributed by atoms with Crippen molar-refractivity contribution in [3.63, 3.8) is 0 Å². The van der Waals surface area contributed by atoms with E-state index in [1.807, 2.05) is 0 Å². The fraction of sp³-hybridized carbons (Fsp3) is 0.667. The summed E-state index contributed by atoms with van der Waals surface area (Å²) >= 11 is 0. The molecule has 0 aliphatic heterocycles. The Bertz CT molecular complexity index is 311. The van der Waals surface area contributed by atoms with E-state index in [1.54, 1.807) is 40.7 Å². The van der Waals surface area contributed by atoms with Gasteiger partial charge in [-0.3, -0.25) is 0 Å². The first-order chi connectivity index (χ1) is 7.71. The van der Waals surface area contributed by atoms with Crippen LogP contribution in [0.5, 0.6) is 0 Å². The Kier molecular flexibility index (Phi) is 5.71. The van der Waals surface area contributed by atoms with Crippen LogP contribution in [0.25, 0.3) is 0 Å². The third-order valence-corrected chi connectivity index (χ3v) is 1.82. The average molecular weight is 244 g/mol. The molecule has 98 valence electrons. The fourth-order valence-electron chi connectivity index (χ4n) is 1.11. The van der Waals surface area contributed by atoms with Crippen molar-refractivity contribution in [2.24, 2.45) is 0 Å². The smallest absolute Gasteiger partial charge is 0.457 e. The van der Waals surface area contributed by atoms with Gasteiger partial charge in [0, 0.05) is 0 Å². The first-order valence-corrected chi connectivity index (χ1v) is 5.35. The number of esters is 1. The molecule has 5 nitrogen and oxygen atoms in total. The molecular weight excluding hydrogens is 224 g/mol. The highest BCUT2D eigenvalue weighted by Crippen LogP contribution is 2.15. The van der Waals surface area contributed by atoms with Crippen molar-refractivity contribution in [2.45, 2.75) is 46.3 Å². The Labute approximate surface area is 102 Å². The molecular formula is C12H20O5. The Balaban J connectivity index is 4.63. The first kappa shape index (κ1) is 15.5. The van der Waals surface area contributed by atoms with Crippen LogP contribution in [0.15, 0.2) is 11.6 Å². The van der Waals surface area contributed by atoms with Crippen LogP contribution in [0.1, 0.15) is 34.6 Å². The van der Waals surface area contributed by atoms with Gasteiger partial charge in [-0.05, 0) is 34.6 Å². The lowest BCUT2D eigenvalue weighted by molar-refractivity contribution is -0.151. The third kappa shape index (κ3) is 5.94. The molecule has 0 spiro atoms. The van der Waals surface area contributed by atoms with Gasteiger partial charge < -0.3 is 14.2 Å². The van der Waals surface area contributed by atoms with Gasteiger partial charge in [-0.2, -0.15) is 0 Å². The highest BCUT2D eigenvalue weighted by molar-refractivity contribution is 5.90. The zero-order valence-corrected chi connectivity index (χ0v) is 11.2. The molecule has 0 heterocycles. The first-order valence-electron chi connectivity index (χ1n) is 5.35. The predicted molar refractivity (Wildman–Crippen MR) is 62.6 cm³/mol. The number of carbonyl (C=O) groups excluding carboxylic acids is 2. The molecule has 1 unspecified atom stereocenters. The fourth-order valence-corrected chi connectivity index (χ4v) is 1.11. The highest BCUT2D eigenvalue weighted by Gasteiger charge is 2.25. The van der Waals surface area contributed by atoms with Crippen molar-refractivity contribution >= 4 is 12.1 Å². The van der Waals surface area contributed by atoms with Gasteiger partial charge in [-0.1, -0.05) is 6.08 Å². The van der Waals surface area contributed by atoms with Crippen LogP contribution >= 0.6 is 0 Å². The molecule has 5 heteroatoms. The van der Waals surface area contributed by atoms with Crippen molar-refractivity contribution < 1.29 is 23.8 Å². The van der Waals surface area contributed by atoms with Gasteiger partial charge in [-0.15, -0.1) is 0 Å². The molecule has 0 aromatic rings. The molecule has 0 radical (unpaired) electrons. The zero-order chi connectivity index (χ0) is 13.6. The number of rotatable bonds is 3. The van der Waals surface area contributed by atoms with Crippen LogP contribution in [-0.2, 0) is 19.0 Å². The van der Waals surface area contributed by atoms with E-state index in [4.69, 9.17) is 9.47 Å². The van der Waals surface area contributed by atoms with Crippen LogP contribution < -0.4 is 0 Å². The Morgan fingerprint density at radius 2 is 1.76 bits per heavy atom. The molecule has 0 aromatic heterocycles. The summed E-state index contributed by atoms with van der Waals surface area (Å²) in [5, 5.41) is 0. The molecule has 0 aliphatic carbocycles. The summed E-state index contributed by atoms with van der Waals surface area (Å²) in [6.45, 7) is 8.56. The summed E-state index contributed by atoms with van der Waals surface area (Å²) < 4.78 is 14.4. The minimum atomic E-state index is -0.833. The van der Waals surface area contributed by atoms with Crippen LogP contribution in [0.3, 0.4) is 0 Å². The third-order valence-electron chi connectivity index (χ3n) is 1.82. The molecule has 0 saturated heterocycles. The van der Waals surface area contributed by atoms with E-state index in [9.17, 15) is 9.59 Å². The summed E-state index contributed by atoms with van der Waals surface area (Å²) in [6.07, 6.45) is 0.0181. The van der Waals surface area contributed by atoms with Crippen molar-refractivity contribution in [3.8, 4) is 0 Å². The molecule has 0 saturated carbocycles. The van der Waals surface area contributed by atoms with Gasteiger partial charge in [0.15, 0.2) is 0 Å². The maximum absolute atomic E-state index is 11.8. The van der Waals surface area contributed by atoms with Gasteiger partial charge in [0.1, 0.15) is 11.7 Å². The lowest BCUT2D eigenvalue weighted by atomic mass is 10.1. The van der Waals surface area contributed by atoms with Crippen molar-refractivity contribution in [3.05, 3.63) is 11.6 Å². The monoisotopic (exact) mass is 244 g/mol. The molecule has 17 heavy (non-hydrogen) atoms. The van der Waals surface area contributed by atoms with Crippen molar-refractivity contribution in [2.75, 3.05) is 7.11 Å². The number of methoxy groups -OCH3 is 1. The highest BCUT2D eigenvalue weighted by atomic mass is 16.7. The van der Waals surface area contributed by atoms with Crippen molar-refractivity contribution in [1.29, 1.82) is 0 Å². The maximum atomic E-state index is 11.8. The summed E-state index contributed by atoms with van der Waals surface area (Å²) in [5.74, 6) is -0.503. The van der Waals surface area contributed by atoms with E-state index in [0.717, 1.165) is 0 Å². The maximum Gasteiger partial charge on any atom is 0.508 e. The second-order valence-electron chi connectivity index (χ2n) is 4.46. The topological polar surface area (TPSA) is 61.8 Å². The van der Waals surface area contributed by atoms with E-state index in [0.29, 0.717) is 0 Å². The van der Waals surface area contributed by atoms with E-state index in [-0.39, 0.29) is 5.57 Å². The molecule has 0 amide bonds. The number of allylic oxidation sites excluding steroid dienone is 1. The van der Waals surface area contributed by atoms with E-state index < -0.39 is 23.8 Å². The van der Waals surface area contributed by atoms with Crippen LogP contribution in [0.2, 0.25) is 0 Å². The number of carbonyl (C=O) groups is 2. The second kappa shape index (κ2) is 6.27. The number of ether oxygens (including phenoxy) is 3. The summed E-state index contributed by atoms with van der Waals surface area (Å²) in [6, 6.07) is 0. The lowest BCUT2D eigenvalue weighted by Gasteiger charge is -2.22. The molecule has 0 rings (SSSR count). The lowest BCUT2D eigenvalue weighted by Crippen LogP contribution is -2.29. The van der Waals surface area contributed by atoms with E-state index in [2.05, 4.69) is 4.74 Å². The molecule has 0 aromatic carbocycles. The van der Waals surface area contributed by atoms with Gasteiger partial charge >= 0.3 is 12.1 Å². The second-order valence-corrected chi connectivity index (χ2v) is 4.46. The Morgan fingerprint density at radius 3 is 2.12 bits per heavy atom. The Morgan fingerprint density at radius 1 is 1.24 bits per heavy atom.